The van der Waals surface area contributed by atoms with Crippen LogP contribution in [0.5, 0.6) is 0 Å². The molecule has 5 nitrogen and oxygen atoms in total. The molecular weight excluding hydrogens is 248 g/mol. The van der Waals surface area contributed by atoms with E-state index in [4.69, 9.17) is 0 Å². The molecule has 2 aliphatic rings. The van der Waals surface area contributed by atoms with Crippen molar-refractivity contribution in [2.75, 3.05) is 14.1 Å². The maximum Gasteiger partial charge on any atom is 0.345 e. The van der Waals surface area contributed by atoms with Gasteiger partial charge in [0.15, 0.2) is 0 Å². The number of thioether (sulfide) groups is 1. The SMILES string of the molecule is CN(C)C(=O)n1cnc(S[C@@H]2C[C@@H]3CC[C@@H]2C3)n1. The fraction of sp³-hybridized carbons (Fsp3) is 0.750. The minimum Gasteiger partial charge on any atom is -0.329 e. The lowest BCUT2D eigenvalue weighted by Crippen LogP contribution is -2.27. The number of nitrogens with zero attached hydrogens (tertiary/aromatic N) is 4. The Hall–Kier alpha value is -1.04. The molecule has 0 unspecified atom stereocenters. The van der Waals surface area contributed by atoms with Gasteiger partial charge in [-0.2, -0.15) is 4.68 Å². The predicted molar refractivity (Wildman–Crippen MR) is 69.6 cm³/mol. The van der Waals surface area contributed by atoms with Gasteiger partial charge in [-0.05, 0) is 31.1 Å². The Morgan fingerprint density at radius 3 is 2.89 bits per heavy atom. The fourth-order valence-corrected chi connectivity index (χ4v) is 4.39. The van der Waals surface area contributed by atoms with E-state index in [1.54, 1.807) is 25.9 Å². The van der Waals surface area contributed by atoms with Crippen LogP contribution in [0, 0.1) is 11.8 Å². The molecule has 1 heterocycles. The van der Waals surface area contributed by atoms with Gasteiger partial charge in [0.25, 0.3) is 0 Å². The van der Waals surface area contributed by atoms with Crippen LogP contribution in [-0.2, 0) is 0 Å². The molecule has 0 aliphatic heterocycles. The average molecular weight is 266 g/mol. The number of carbonyl (C=O) groups excluding carboxylic acids is 1. The number of hydrogen-bond donors (Lipinski definition) is 0. The van der Waals surface area contributed by atoms with Crippen molar-refractivity contribution < 1.29 is 4.79 Å². The third-order valence-corrected chi connectivity index (χ3v) is 5.26. The summed E-state index contributed by atoms with van der Waals surface area (Å²) in [4.78, 5) is 17.4. The van der Waals surface area contributed by atoms with Gasteiger partial charge in [0.2, 0.25) is 5.16 Å². The van der Waals surface area contributed by atoms with Crippen molar-refractivity contribution >= 4 is 17.8 Å². The van der Waals surface area contributed by atoms with E-state index in [1.165, 1.54) is 41.6 Å². The van der Waals surface area contributed by atoms with Crippen LogP contribution in [0.4, 0.5) is 4.79 Å². The maximum absolute atomic E-state index is 11.7. The van der Waals surface area contributed by atoms with Gasteiger partial charge in [0, 0.05) is 19.3 Å². The third-order valence-electron chi connectivity index (χ3n) is 3.98. The van der Waals surface area contributed by atoms with Gasteiger partial charge in [0.05, 0.1) is 0 Å². The van der Waals surface area contributed by atoms with E-state index in [0.29, 0.717) is 5.25 Å². The lowest BCUT2D eigenvalue weighted by molar-refractivity contribution is 0.215. The van der Waals surface area contributed by atoms with E-state index in [-0.39, 0.29) is 6.03 Å². The Labute approximate surface area is 111 Å². The number of carbonyl (C=O) groups is 1. The second kappa shape index (κ2) is 4.57. The molecule has 1 aromatic rings. The summed E-state index contributed by atoms with van der Waals surface area (Å²) >= 11 is 1.75. The molecule has 0 radical (unpaired) electrons. The molecule has 0 spiro atoms. The molecule has 2 fully saturated rings. The molecule has 3 rings (SSSR count). The third kappa shape index (κ3) is 2.13. The van der Waals surface area contributed by atoms with Gasteiger partial charge in [-0.1, -0.05) is 18.2 Å². The van der Waals surface area contributed by atoms with Crippen LogP contribution in [0.3, 0.4) is 0 Å². The molecule has 1 aromatic heterocycles. The normalized spacial score (nSPS) is 29.8. The van der Waals surface area contributed by atoms with Crippen molar-refractivity contribution in [3.05, 3.63) is 6.33 Å². The van der Waals surface area contributed by atoms with Gasteiger partial charge in [-0.25, -0.2) is 9.78 Å². The molecule has 18 heavy (non-hydrogen) atoms. The molecule has 0 aromatic carbocycles. The largest absolute Gasteiger partial charge is 0.345 e. The molecule has 0 N–H and O–H groups in total. The van der Waals surface area contributed by atoms with Gasteiger partial charge in [-0.3, -0.25) is 0 Å². The summed E-state index contributed by atoms with van der Waals surface area (Å²) in [5.74, 6) is 1.77. The molecule has 1 amide bonds. The van der Waals surface area contributed by atoms with Gasteiger partial charge >= 0.3 is 6.03 Å². The van der Waals surface area contributed by atoms with Crippen LogP contribution in [0.2, 0.25) is 0 Å². The summed E-state index contributed by atoms with van der Waals surface area (Å²) in [6.45, 7) is 0. The van der Waals surface area contributed by atoms with Crippen molar-refractivity contribution in [2.45, 2.75) is 36.1 Å². The van der Waals surface area contributed by atoms with Crippen LogP contribution in [0.15, 0.2) is 11.5 Å². The second-order valence-corrected chi connectivity index (χ2v) is 6.69. The molecule has 2 saturated carbocycles. The highest BCUT2D eigenvalue weighted by Crippen LogP contribution is 2.50. The van der Waals surface area contributed by atoms with Gasteiger partial charge in [0.1, 0.15) is 6.33 Å². The number of amides is 1. The first-order chi connectivity index (χ1) is 8.63. The highest BCUT2D eigenvalue weighted by molar-refractivity contribution is 7.99. The first-order valence-electron chi connectivity index (χ1n) is 6.43. The zero-order valence-corrected chi connectivity index (χ0v) is 11.6. The zero-order valence-electron chi connectivity index (χ0n) is 10.7. The summed E-state index contributed by atoms with van der Waals surface area (Å²) in [6, 6.07) is -0.151. The quantitative estimate of drug-likeness (QED) is 0.822. The monoisotopic (exact) mass is 266 g/mol. The molecular formula is C12H18N4OS. The lowest BCUT2D eigenvalue weighted by atomic mass is 10.0. The van der Waals surface area contributed by atoms with E-state index < -0.39 is 0 Å². The van der Waals surface area contributed by atoms with E-state index in [0.717, 1.165) is 17.0 Å². The molecule has 2 aliphatic carbocycles. The minimum atomic E-state index is -0.151. The number of hydrogen-bond acceptors (Lipinski definition) is 4. The van der Waals surface area contributed by atoms with Crippen molar-refractivity contribution in [1.82, 2.24) is 19.7 Å². The Morgan fingerprint density at radius 1 is 1.44 bits per heavy atom. The molecule has 6 heteroatoms. The summed E-state index contributed by atoms with van der Waals surface area (Å²) < 4.78 is 1.32. The second-order valence-electron chi connectivity index (χ2n) is 5.48. The highest BCUT2D eigenvalue weighted by atomic mass is 32.2. The first kappa shape index (κ1) is 12.0. The zero-order chi connectivity index (χ0) is 12.7. The van der Waals surface area contributed by atoms with E-state index >= 15 is 0 Å². The average Bonchev–Trinajstić information content (AvgIpc) is 3.03. The predicted octanol–water partition coefficient (Wildman–Crippen LogP) is 2.09. The van der Waals surface area contributed by atoms with Crippen LogP contribution < -0.4 is 0 Å². The molecule has 0 saturated heterocycles. The standard InChI is InChI=1S/C12H18N4OS/c1-15(2)12(17)16-7-13-11(14-16)18-10-6-8-3-4-9(10)5-8/h7-10H,3-6H2,1-2H3/t8-,9-,10-/m1/s1. The van der Waals surface area contributed by atoms with Crippen LogP contribution in [-0.4, -0.2) is 45.0 Å². The van der Waals surface area contributed by atoms with Crippen LogP contribution in [0.1, 0.15) is 25.7 Å². The number of aromatic nitrogens is 3. The smallest absolute Gasteiger partial charge is 0.329 e. The molecule has 2 bridgehead atoms. The van der Waals surface area contributed by atoms with E-state index in [2.05, 4.69) is 10.1 Å². The summed E-state index contributed by atoms with van der Waals surface area (Å²) in [5.41, 5.74) is 0. The summed E-state index contributed by atoms with van der Waals surface area (Å²) in [7, 11) is 3.43. The number of rotatable bonds is 2. The van der Waals surface area contributed by atoms with Crippen molar-refractivity contribution in [1.29, 1.82) is 0 Å². The Balaban J connectivity index is 1.65. The number of fused-ring (bicyclic) bond motifs is 2. The highest BCUT2D eigenvalue weighted by Gasteiger charge is 2.40. The van der Waals surface area contributed by atoms with E-state index in [1.807, 2.05) is 0 Å². The summed E-state index contributed by atoms with van der Waals surface area (Å²) in [6.07, 6.45) is 6.96. The Morgan fingerprint density at radius 2 is 2.28 bits per heavy atom. The lowest BCUT2D eigenvalue weighted by Gasteiger charge is -2.19. The summed E-state index contributed by atoms with van der Waals surface area (Å²) in [5, 5.41) is 5.66. The minimum absolute atomic E-state index is 0.151. The topological polar surface area (TPSA) is 51.0 Å². The van der Waals surface area contributed by atoms with Crippen molar-refractivity contribution in [3.63, 3.8) is 0 Å². The molecule has 3 atom stereocenters. The van der Waals surface area contributed by atoms with Crippen LogP contribution >= 0.6 is 11.8 Å². The van der Waals surface area contributed by atoms with Crippen molar-refractivity contribution in [3.8, 4) is 0 Å². The maximum atomic E-state index is 11.7. The Bertz CT molecular complexity index is 459. The molecule has 98 valence electrons. The van der Waals surface area contributed by atoms with Gasteiger partial charge in [-0.15, -0.1) is 5.10 Å². The Kier molecular flexibility index (Phi) is 3.05. The van der Waals surface area contributed by atoms with Crippen LogP contribution in [0.25, 0.3) is 0 Å². The van der Waals surface area contributed by atoms with Crippen molar-refractivity contribution in [2.24, 2.45) is 11.8 Å². The van der Waals surface area contributed by atoms with E-state index in [9.17, 15) is 4.79 Å². The fourth-order valence-electron chi connectivity index (χ4n) is 3.07. The van der Waals surface area contributed by atoms with Gasteiger partial charge < -0.3 is 4.90 Å². The first-order valence-corrected chi connectivity index (χ1v) is 7.31.